The second kappa shape index (κ2) is 9.01. The first-order valence-electron chi connectivity index (χ1n) is 12.0. The van der Waals surface area contributed by atoms with Gasteiger partial charge in [-0.1, -0.05) is 26.7 Å². The molecule has 2 aliphatic carbocycles. The summed E-state index contributed by atoms with van der Waals surface area (Å²) in [6, 6.07) is 0.985. The Morgan fingerprint density at radius 1 is 1.18 bits per heavy atom. The molecule has 4 rings (SSSR count). The molecule has 3 N–H and O–H groups in total. The van der Waals surface area contributed by atoms with Crippen molar-refractivity contribution in [3.8, 4) is 0 Å². The first-order chi connectivity index (χ1) is 13.5. The molecule has 5 heteroatoms. The Kier molecular flexibility index (Phi) is 6.63. The summed E-state index contributed by atoms with van der Waals surface area (Å²) < 4.78 is 0. The molecule has 160 valence electrons. The minimum Gasteiger partial charge on any atom is -0.352 e. The van der Waals surface area contributed by atoms with E-state index >= 15 is 0 Å². The number of carbonyl (C=O) groups excluding carboxylic acids is 1. The van der Waals surface area contributed by atoms with Gasteiger partial charge in [-0.05, 0) is 75.7 Å². The van der Waals surface area contributed by atoms with Crippen LogP contribution in [-0.4, -0.2) is 55.2 Å². The molecule has 2 saturated carbocycles. The smallest absolute Gasteiger partial charge is 0.237 e. The molecule has 2 saturated heterocycles. The molecule has 2 aliphatic heterocycles. The number of hydrogen-bond acceptors (Lipinski definition) is 4. The van der Waals surface area contributed by atoms with Crippen LogP contribution in [0.4, 0.5) is 0 Å². The summed E-state index contributed by atoms with van der Waals surface area (Å²) in [5, 5.41) is 10.8. The predicted molar refractivity (Wildman–Crippen MR) is 114 cm³/mol. The molecule has 1 amide bonds. The average molecular weight is 391 g/mol. The van der Waals surface area contributed by atoms with Crippen molar-refractivity contribution in [3.63, 3.8) is 0 Å². The number of likely N-dealkylation sites (N-methyl/N-ethyl adjacent to an activating group) is 1. The molecule has 0 aromatic carbocycles. The highest BCUT2D eigenvalue weighted by Crippen LogP contribution is 2.39. The SMILES string of the molecule is CC1CCC(C(=O)NC2CCCC([C@@H](C)CC3NCCN3C)C2)NC1C1CC1. The summed E-state index contributed by atoms with van der Waals surface area (Å²) >= 11 is 0. The van der Waals surface area contributed by atoms with Gasteiger partial charge in [0.15, 0.2) is 0 Å². The first-order valence-corrected chi connectivity index (χ1v) is 12.0. The van der Waals surface area contributed by atoms with Crippen molar-refractivity contribution in [3.05, 3.63) is 0 Å². The van der Waals surface area contributed by atoms with Gasteiger partial charge in [0, 0.05) is 25.2 Å². The second-order valence-electron chi connectivity index (χ2n) is 10.4. The average Bonchev–Trinajstić information content (AvgIpc) is 3.45. The van der Waals surface area contributed by atoms with Crippen LogP contribution >= 0.6 is 0 Å². The van der Waals surface area contributed by atoms with Crippen molar-refractivity contribution < 1.29 is 4.79 Å². The maximum Gasteiger partial charge on any atom is 0.237 e. The zero-order valence-corrected chi connectivity index (χ0v) is 18.3. The molecule has 0 bridgehead atoms. The Morgan fingerprint density at radius 3 is 2.71 bits per heavy atom. The Balaban J connectivity index is 1.25. The summed E-state index contributed by atoms with van der Waals surface area (Å²) in [5.74, 6) is 3.28. The largest absolute Gasteiger partial charge is 0.352 e. The summed E-state index contributed by atoms with van der Waals surface area (Å²) in [6.07, 6.45) is 11.6. The fourth-order valence-electron chi connectivity index (χ4n) is 6.06. The monoisotopic (exact) mass is 390 g/mol. The second-order valence-corrected chi connectivity index (χ2v) is 10.4. The van der Waals surface area contributed by atoms with Gasteiger partial charge in [-0.15, -0.1) is 0 Å². The van der Waals surface area contributed by atoms with Crippen molar-refractivity contribution in [1.82, 2.24) is 20.9 Å². The topological polar surface area (TPSA) is 56.4 Å². The van der Waals surface area contributed by atoms with Crippen LogP contribution in [0.3, 0.4) is 0 Å². The van der Waals surface area contributed by atoms with Gasteiger partial charge in [0.2, 0.25) is 5.91 Å². The molecule has 0 spiro atoms. The lowest BCUT2D eigenvalue weighted by molar-refractivity contribution is -0.125. The molecule has 0 radical (unpaired) electrons. The van der Waals surface area contributed by atoms with Gasteiger partial charge in [-0.3, -0.25) is 9.69 Å². The van der Waals surface area contributed by atoms with Gasteiger partial charge < -0.3 is 16.0 Å². The zero-order chi connectivity index (χ0) is 19.7. The van der Waals surface area contributed by atoms with E-state index in [1.807, 2.05) is 0 Å². The van der Waals surface area contributed by atoms with Gasteiger partial charge in [0.05, 0.1) is 12.2 Å². The van der Waals surface area contributed by atoms with Crippen LogP contribution in [0.25, 0.3) is 0 Å². The zero-order valence-electron chi connectivity index (χ0n) is 18.3. The van der Waals surface area contributed by atoms with Crippen LogP contribution in [0, 0.1) is 23.7 Å². The number of piperidine rings is 1. The summed E-state index contributed by atoms with van der Waals surface area (Å²) in [6.45, 7) is 7.06. The van der Waals surface area contributed by atoms with Crippen molar-refractivity contribution in [2.24, 2.45) is 23.7 Å². The number of nitrogens with one attached hydrogen (secondary N) is 3. The lowest BCUT2D eigenvalue weighted by Gasteiger charge is -2.38. The predicted octanol–water partition coefficient (Wildman–Crippen LogP) is 2.72. The number of carbonyl (C=O) groups is 1. The number of rotatable bonds is 6. The summed E-state index contributed by atoms with van der Waals surface area (Å²) in [7, 11) is 2.23. The van der Waals surface area contributed by atoms with E-state index in [9.17, 15) is 4.79 Å². The highest BCUT2D eigenvalue weighted by atomic mass is 16.2. The van der Waals surface area contributed by atoms with Crippen LogP contribution in [0.5, 0.6) is 0 Å². The summed E-state index contributed by atoms with van der Waals surface area (Å²) in [5.41, 5.74) is 0. The molecule has 4 fully saturated rings. The molecular formula is C23H42N4O. The Morgan fingerprint density at radius 2 is 2.00 bits per heavy atom. The highest BCUT2D eigenvalue weighted by Gasteiger charge is 2.40. The van der Waals surface area contributed by atoms with E-state index in [-0.39, 0.29) is 11.9 Å². The van der Waals surface area contributed by atoms with Crippen LogP contribution in [0.2, 0.25) is 0 Å². The van der Waals surface area contributed by atoms with Gasteiger partial charge in [-0.2, -0.15) is 0 Å². The molecule has 0 aromatic rings. The van der Waals surface area contributed by atoms with Crippen molar-refractivity contribution in [2.45, 2.75) is 95.9 Å². The van der Waals surface area contributed by atoms with Crippen LogP contribution in [-0.2, 0) is 4.79 Å². The first kappa shape index (κ1) is 20.6. The Bertz CT molecular complexity index is 537. The van der Waals surface area contributed by atoms with Crippen LogP contribution in [0.15, 0.2) is 0 Å². The minimum atomic E-state index is 0.0379. The lowest BCUT2D eigenvalue weighted by atomic mass is 9.76. The van der Waals surface area contributed by atoms with E-state index in [4.69, 9.17) is 0 Å². The lowest BCUT2D eigenvalue weighted by Crippen LogP contribution is -2.56. The molecule has 6 unspecified atom stereocenters. The third-order valence-corrected chi connectivity index (χ3v) is 8.20. The molecule has 7 atom stereocenters. The number of amides is 1. The van der Waals surface area contributed by atoms with E-state index in [0.717, 1.165) is 43.7 Å². The summed E-state index contributed by atoms with van der Waals surface area (Å²) in [4.78, 5) is 15.4. The number of nitrogens with zero attached hydrogens (tertiary/aromatic N) is 1. The minimum absolute atomic E-state index is 0.0379. The third kappa shape index (κ3) is 4.91. The van der Waals surface area contributed by atoms with Crippen LogP contribution < -0.4 is 16.0 Å². The molecule has 5 nitrogen and oxygen atoms in total. The molecule has 28 heavy (non-hydrogen) atoms. The molecule has 0 aromatic heterocycles. The third-order valence-electron chi connectivity index (χ3n) is 8.20. The molecule has 4 aliphatic rings. The van der Waals surface area contributed by atoms with Gasteiger partial charge in [-0.25, -0.2) is 0 Å². The fraction of sp³-hybridized carbons (Fsp3) is 0.957. The van der Waals surface area contributed by atoms with Gasteiger partial charge in [0.25, 0.3) is 0 Å². The highest BCUT2D eigenvalue weighted by molar-refractivity contribution is 5.82. The van der Waals surface area contributed by atoms with Gasteiger partial charge in [0.1, 0.15) is 0 Å². The Hall–Kier alpha value is -0.650. The van der Waals surface area contributed by atoms with E-state index in [1.54, 1.807) is 0 Å². The molecule has 2 heterocycles. The normalized spacial score (nSPS) is 41.0. The fourth-order valence-corrected chi connectivity index (χ4v) is 6.06. The molecular weight excluding hydrogens is 348 g/mol. The van der Waals surface area contributed by atoms with E-state index < -0.39 is 0 Å². The van der Waals surface area contributed by atoms with Crippen LogP contribution in [0.1, 0.15) is 71.6 Å². The quantitative estimate of drug-likeness (QED) is 0.653. The van der Waals surface area contributed by atoms with Crippen molar-refractivity contribution in [2.75, 3.05) is 20.1 Å². The van der Waals surface area contributed by atoms with E-state index in [1.165, 1.54) is 44.9 Å². The van der Waals surface area contributed by atoms with Crippen molar-refractivity contribution >= 4 is 5.91 Å². The van der Waals surface area contributed by atoms with E-state index in [0.29, 0.717) is 24.2 Å². The van der Waals surface area contributed by atoms with E-state index in [2.05, 4.69) is 41.7 Å². The maximum atomic E-state index is 13.0. The number of hydrogen-bond donors (Lipinski definition) is 3. The Labute approximate surface area is 171 Å². The standard InChI is InChI=1S/C23H42N4O/c1-15-7-10-20(26-22(15)17-8-9-17)23(28)25-19-6-4-5-18(14-19)16(2)13-21-24-11-12-27(21)3/h15-22,24,26H,4-14H2,1-3H3,(H,25,28)/t15?,16-,18?,19?,20?,21?,22?/m0/s1. The van der Waals surface area contributed by atoms with Gasteiger partial charge >= 0.3 is 0 Å². The van der Waals surface area contributed by atoms with Crippen molar-refractivity contribution in [1.29, 1.82) is 0 Å². The maximum absolute atomic E-state index is 13.0.